The second-order valence-corrected chi connectivity index (χ2v) is 5.70. The number of aromatic nitrogens is 1. The van der Waals surface area contributed by atoms with Crippen molar-refractivity contribution in [3.05, 3.63) is 71.9 Å². The molecule has 0 saturated heterocycles. The third kappa shape index (κ3) is 3.63. The second kappa shape index (κ2) is 7.16. The smallest absolute Gasteiger partial charge is 0.126 e. The van der Waals surface area contributed by atoms with E-state index >= 15 is 0 Å². The van der Waals surface area contributed by atoms with E-state index < -0.39 is 0 Å². The second-order valence-electron chi connectivity index (χ2n) is 5.70. The number of H-pyrrole nitrogens is 1. The fourth-order valence-electron chi connectivity index (χ4n) is 2.80. The summed E-state index contributed by atoms with van der Waals surface area (Å²) in [7, 11) is 3.84. The number of rotatable bonds is 6. The third-order valence-electron chi connectivity index (χ3n) is 3.97. The van der Waals surface area contributed by atoms with Gasteiger partial charge in [-0.25, -0.2) is 0 Å². The lowest BCUT2D eigenvalue weighted by atomic mass is 10.1. The molecule has 1 heterocycles. The monoisotopic (exact) mass is 306 g/mol. The summed E-state index contributed by atoms with van der Waals surface area (Å²) >= 11 is 0. The van der Waals surface area contributed by atoms with Crippen molar-refractivity contribution in [2.75, 3.05) is 20.7 Å². The van der Waals surface area contributed by atoms with E-state index in [4.69, 9.17) is 4.74 Å². The molecule has 0 unspecified atom stereocenters. The minimum atomic E-state index is 0.884. The Hall–Kier alpha value is -2.52. The lowest BCUT2D eigenvalue weighted by Crippen LogP contribution is -2.17. The highest BCUT2D eigenvalue weighted by Gasteiger charge is 2.04. The molecule has 118 valence electrons. The number of methoxy groups -OCH3 is 1. The van der Waals surface area contributed by atoms with Gasteiger partial charge in [0, 0.05) is 30.4 Å². The van der Waals surface area contributed by atoms with E-state index in [1.54, 1.807) is 7.11 Å². The lowest BCUT2D eigenvalue weighted by molar-refractivity contribution is 0.365. The first-order chi connectivity index (χ1) is 11.3. The molecule has 0 saturated carbocycles. The molecule has 3 rings (SSSR count). The van der Waals surface area contributed by atoms with Crippen LogP contribution in [0.3, 0.4) is 0 Å². The predicted octanol–water partition coefficient (Wildman–Crippen LogP) is 4.32. The molecule has 3 aromatic rings. The van der Waals surface area contributed by atoms with Gasteiger partial charge in [0.05, 0.1) is 7.11 Å². The Morgan fingerprint density at radius 2 is 1.96 bits per heavy atom. The third-order valence-corrected chi connectivity index (χ3v) is 3.97. The molecule has 2 aromatic carbocycles. The molecular formula is C20H22N2O. The molecule has 0 fully saturated rings. The maximum absolute atomic E-state index is 5.37. The summed E-state index contributed by atoms with van der Waals surface area (Å²) in [6.45, 7) is 1.79. The zero-order chi connectivity index (χ0) is 16.1. The number of benzene rings is 2. The summed E-state index contributed by atoms with van der Waals surface area (Å²) in [6.07, 6.45) is 6.28. The van der Waals surface area contributed by atoms with E-state index in [2.05, 4.69) is 59.4 Å². The molecule has 1 N–H and O–H groups in total. The number of nitrogens with one attached hydrogen (secondary N) is 1. The largest absolute Gasteiger partial charge is 0.496 e. The van der Waals surface area contributed by atoms with Gasteiger partial charge in [-0.1, -0.05) is 48.6 Å². The highest BCUT2D eigenvalue weighted by molar-refractivity contribution is 5.82. The van der Waals surface area contributed by atoms with Crippen molar-refractivity contribution in [2.24, 2.45) is 0 Å². The first-order valence-corrected chi connectivity index (χ1v) is 7.81. The topological polar surface area (TPSA) is 28.3 Å². The van der Waals surface area contributed by atoms with Crippen molar-refractivity contribution in [1.82, 2.24) is 9.88 Å². The molecule has 0 aliphatic rings. The van der Waals surface area contributed by atoms with Crippen molar-refractivity contribution in [3.63, 3.8) is 0 Å². The molecule has 0 aliphatic carbocycles. The van der Waals surface area contributed by atoms with Crippen LogP contribution in [-0.2, 0) is 6.54 Å². The van der Waals surface area contributed by atoms with Crippen LogP contribution in [-0.4, -0.2) is 30.6 Å². The van der Waals surface area contributed by atoms with Gasteiger partial charge in [-0.3, -0.25) is 4.90 Å². The predicted molar refractivity (Wildman–Crippen MR) is 96.7 cm³/mol. The zero-order valence-corrected chi connectivity index (χ0v) is 13.6. The van der Waals surface area contributed by atoms with Gasteiger partial charge in [0.15, 0.2) is 0 Å². The highest BCUT2D eigenvalue weighted by Crippen LogP contribution is 2.20. The van der Waals surface area contributed by atoms with E-state index in [1.807, 2.05) is 24.4 Å². The van der Waals surface area contributed by atoms with Gasteiger partial charge >= 0.3 is 0 Å². The molecule has 3 nitrogen and oxygen atoms in total. The van der Waals surface area contributed by atoms with Crippen molar-refractivity contribution >= 4 is 17.0 Å². The van der Waals surface area contributed by atoms with Gasteiger partial charge in [-0.05, 0) is 30.1 Å². The SMILES string of the molecule is COc1ccccc1C=CCN(C)Cc1cccc2cc[nH]c12. The Balaban J connectivity index is 1.64. The normalized spacial score (nSPS) is 11.6. The van der Waals surface area contributed by atoms with Crippen LogP contribution < -0.4 is 4.74 Å². The number of para-hydroxylation sites is 2. The van der Waals surface area contributed by atoms with E-state index in [1.165, 1.54) is 16.5 Å². The molecule has 0 atom stereocenters. The summed E-state index contributed by atoms with van der Waals surface area (Å²) in [6, 6.07) is 16.6. The van der Waals surface area contributed by atoms with Gasteiger partial charge in [0.2, 0.25) is 0 Å². The summed E-state index contributed by atoms with van der Waals surface area (Å²) in [5, 5.41) is 1.26. The minimum absolute atomic E-state index is 0.884. The molecule has 3 heteroatoms. The average molecular weight is 306 g/mol. The Labute approximate surface area is 137 Å². The molecule has 1 aromatic heterocycles. The molecule has 23 heavy (non-hydrogen) atoms. The Morgan fingerprint density at radius 3 is 2.83 bits per heavy atom. The van der Waals surface area contributed by atoms with E-state index in [-0.39, 0.29) is 0 Å². The molecule has 0 radical (unpaired) electrons. The molecule has 0 bridgehead atoms. The number of aromatic amines is 1. The maximum atomic E-state index is 5.37. The highest BCUT2D eigenvalue weighted by atomic mass is 16.5. The van der Waals surface area contributed by atoms with Crippen LogP contribution in [0.4, 0.5) is 0 Å². The van der Waals surface area contributed by atoms with Crippen LogP contribution in [0, 0.1) is 0 Å². The summed E-state index contributed by atoms with van der Waals surface area (Å²) in [5.74, 6) is 0.905. The summed E-state index contributed by atoms with van der Waals surface area (Å²) in [4.78, 5) is 5.62. The Bertz CT molecular complexity index is 804. The van der Waals surface area contributed by atoms with Crippen molar-refractivity contribution < 1.29 is 4.74 Å². The minimum Gasteiger partial charge on any atom is -0.496 e. The molecule has 0 aliphatic heterocycles. The fourth-order valence-corrected chi connectivity index (χ4v) is 2.80. The van der Waals surface area contributed by atoms with Crippen LogP contribution in [0.1, 0.15) is 11.1 Å². The molecule has 0 amide bonds. The number of hydrogen-bond acceptors (Lipinski definition) is 2. The average Bonchev–Trinajstić information content (AvgIpc) is 3.05. The number of nitrogens with zero attached hydrogens (tertiary/aromatic N) is 1. The quantitative estimate of drug-likeness (QED) is 0.734. The first kappa shape index (κ1) is 15.4. The Morgan fingerprint density at radius 1 is 1.09 bits per heavy atom. The molecule has 0 spiro atoms. The van der Waals surface area contributed by atoms with Crippen LogP contribution in [0.2, 0.25) is 0 Å². The van der Waals surface area contributed by atoms with Gasteiger partial charge in [-0.2, -0.15) is 0 Å². The lowest BCUT2D eigenvalue weighted by Gasteiger charge is -2.15. The van der Waals surface area contributed by atoms with E-state index in [9.17, 15) is 0 Å². The van der Waals surface area contributed by atoms with Crippen LogP contribution in [0.5, 0.6) is 5.75 Å². The van der Waals surface area contributed by atoms with Gasteiger partial charge in [-0.15, -0.1) is 0 Å². The first-order valence-electron chi connectivity index (χ1n) is 7.81. The van der Waals surface area contributed by atoms with Crippen LogP contribution in [0.15, 0.2) is 60.8 Å². The summed E-state index contributed by atoms with van der Waals surface area (Å²) < 4.78 is 5.37. The van der Waals surface area contributed by atoms with E-state index in [0.717, 1.165) is 24.4 Å². The van der Waals surface area contributed by atoms with Gasteiger partial charge in [0.25, 0.3) is 0 Å². The van der Waals surface area contributed by atoms with Gasteiger partial charge in [0.1, 0.15) is 5.75 Å². The van der Waals surface area contributed by atoms with E-state index in [0.29, 0.717) is 0 Å². The molecular weight excluding hydrogens is 284 g/mol. The number of hydrogen-bond donors (Lipinski definition) is 1. The standard InChI is InChI=1S/C20H22N2O/c1-22(14-6-10-16-7-3-4-11-19(16)23-2)15-18-9-5-8-17-12-13-21-20(17)18/h3-13,21H,14-15H2,1-2H3. The van der Waals surface area contributed by atoms with Gasteiger partial charge < -0.3 is 9.72 Å². The van der Waals surface area contributed by atoms with Crippen molar-refractivity contribution in [1.29, 1.82) is 0 Å². The summed E-state index contributed by atoms with van der Waals surface area (Å²) in [5.41, 5.74) is 3.66. The van der Waals surface area contributed by atoms with Crippen molar-refractivity contribution in [3.8, 4) is 5.75 Å². The fraction of sp³-hybridized carbons (Fsp3) is 0.200. The van der Waals surface area contributed by atoms with Crippen molar-refractivity contribution in [2.45, 2.75) is 6.54 Å². The number of ether oxygens (including phenoxy) is 1. The number of fused-ring (bicyclic) bond motifs is 1. The zero-order valence-electron chi connectivity index (χ0n) is 13.6. The number of likely N-dealkylation sites (N-methyl/N-ethyl adjacent to an activating group) is 1. The van der Waals surface area contributed by atoms with Crippen LogP contribution >= 0.6 is 0 Å². The maximum Gasteiger partial charge on any atom is 0.126 e. The Kier molecular flexibility index (Phi) is 4.79. The van der Waals surface area contributed by atoms with Crippen LogP contribution in [0.25, 0.3) is 17.0 Å².